The average molecular weight is 389 g/mol. The number of hydrogen-bond acceptors (Lipinski definition) is 3. The molecule has 2 saturated heterocycles. The maximum Gasteiger partial charge on any atom is 0.251 e. The van der Waals surface area contributed by atoms with Crippen LogP contribution in [0.15, 0.2) is 48.0 Å². The molecule has 3 aliphatic heterocycles. The number of carbonyl (C=O) groups is 1. The van der Waals surface area contributed by atoms with E-state index in [1.54, 1.807) is 0 Å². The smallest absolute Gasteiger partial charge is 0.251 e. The minimum Gasteiger partial charge on any atom is -0.456 e. The van der Waals surface area contributed by atoms with Crippen molar-refractivity contribution in [1.82, 2.24) is 10.6 Å². The van der Waals surface area contributed by atoms with Crippen molar-refractivity contribution in [3.63, 3.8) is 0 Å². The minimum atomic E-state index is -0.0298. The molecule has 2 fully saturated rings. The summed E-state index contributed by atoms with van der Waals surface area (Å²) in [4.78, 5) is 12.5. The minimum absolute atomic E-state index is 0.0298. The van der Waals surface area contributed by atoms with Crippen molar-refractivity contribution in [3.8, 4) is 11.5 Å². The van der Waals surface area contributed by atoms with E-state index in [4.69, 9.17) is 4.74 Å². The van der Waals surface area contributed by atoms with E-state index in [0.29, 0.717) is 24.2 Å². The van der Waals surface area contributed by atoms with Crippen LogP contribution in [0.2, 0.25) is 0 Å². The molecule has 2 aromatic carbocycles. The first-order valence-corrected chi connectivity index (χ1v) is 10.9. The lowest BCUT2D eigenvalue weighted by Crippen LogP contribution is -2.35. The summed E-state index contributed by atoms with van der Waals surface area (Å²) in [5.41, 5.74) is 5.79. The van der Waals surface area contributed by atoms with Gasteiger partial charge in [-0.1, -0.05) is 37.1 Å². The van der Waals surface area contributed by atoms with Gasteiger partial charge in [0.1, 0.15) is 11.5 Å². The molecule has 29 heavy (non-hydrogen) atoms. The lowest BCUT2D eigenvalue weighted by molar-refractivity contribution is 0.0953. The fourth-order valence-electron chi connectivity index (χ4n) is 4.95. The van der Waals surface area contributed by atoms with E-state index in [-0.39, 0.29) is 5.91 Å². The Hall–Kier alpha value is -2.59. The number of benzene rings is 2. The number of unbranched alkanes of at least 4 members (excludes halogenated alkanes) is 1. The molecule has 0 aliphatic carbocycles. The van der Waals surface area contributed by atoms with Crippen LogP contribution in [0.25, 0.3) is 5.57 Å². The van der Waals surface area contributed by atoms with E-state index < -0.39 is 0 Å². The highest BCUT2D eigenvalue weighted by Gasteiger charge is 2.34. The summed E-state index contributed by atoms with van der Waals surface area (Å²) in [6.45, 7) is 2.83. The third-order valence-electron chi connectivity index (χ3n) is 6.38. The second kappa shape index (κ2) is 7.68. The predicted molar refractivity (Wildman–Crippen MR) is 115 cm³/mol. The van der Waals surface area contributed by atoms with E-state index in [1.807, 2.05) is 24.3 Å². The molecule has 2 atom stereocenters. The zero-order valence-corrected chi connectivity index (χ0v) is 17.0. The van der Waals surface area contributed by atoms with Crippen LogP contribution in [-0.2, 0) is 0 Å². The largest absolute Gasteiger partial charge is 0.456 e. The lowest BCUT2D eigenvalue weighted by atomic mass is 9.84. The van der Waals surface area contributed by atoms with Crippen molar-refractivity contribution in [3.05, 3.63) is 64.7 Å². The van der Waals surface area contributed by atoms with Crippen LogP contribution in [-0.4, -0.2) is 24.5 Å². The van der Waals surface area contributed by atoms with Crippen molar-refractivity contribution in [2.24, 2.45) is 0 Å². The van der Waals surface area contributed by atoms with Crippen LogP contribution in [0.1, 0.15) is 66.9 Å². The van der Waals surface area contributed by atoms with Crippen molar-refractivity contribution < 1.29 is 9.53 Å². The van der Waals surface area contributed by atoms with E-state index >= 15 is 0 Å². The molecule has 0 spiro atoms. The van der Waals surface area contributed by atoms with Gasteiger partial charge >= 0.3 is 0 Å². The first-order chi connectivity index (χ1) is 14.2. The van der Waals surface area contributed by atoms with E-state index in [2.05, 4.69) is 35.8 Å². The van der Waals surface area contributed by atoms with Crippen LogP contribution >= 0.6 is 0 Å². The molecule has 2 bridgehead atoms. The van der Waals surface area contributed by atoms with Crippen LogP contribution in [0.3, 0.4) is 0 Å². The number of para-hydroxylation sites is 1. The van der Waals surface area contributed by atoms with Gasteiger partial charge in [-0.25, -0.2) is 0 Å². The average Bonchev–Trinajstić information content (AvgIpc) is 3.09. The number of fused-ring (bicyclic) bond motifs is 4. The molecule has 2 unspecified atom stereocenters. The zero-order chi connectivity index (χ0) is 19.8. The standard InChI is InChI=1S/C25H28N2O2/c1-2-3-12-26-25(28)16-8-11-21-23(15-16)29-22-7-5-4-6-20(22)24(21)17-13-18-9-10-19(14-17)27-18/h4-8,11,15,18-19,27H,2-3,9-10,12-14H2,1H3,(H,26,28). The van der Waals surface area contributed by atoms with E-state index in [9.17, 15) is 4.79 Å². The number of hydrogen-bond donors (Lipinski definition) is 2. The summed E-state index contributed by atoms with van der Waals surface area (Å²) in [5.74, 6) is 1.65. The van der Waals surface area contributed by atoms with Crippen LogP contribution in [0, 0.1) is 0 Å². The molecular weight excluding hydrogens is 360 g/mol. The Bertz CT molecular complexity index is 965. The van der Waals surface area contributed by atoms with Crippen molar-refractivity contribution in [2.45, 2.75) is 57.5 Å². The topological polar surface area (TPSA) is 50.4 Å². The molecule has 2 N–H and O–H groups in total. The second-order valence-corrected chi connectivity index (χ2v) is 8.44. The Balaban J connectivity index is 1.55. The monoisotopic (exact) mass is 388 g/mol. The summed E-state index contributed by atoms with van der Waals surface area (Å²) in [5, 5.41) is 6.74. The van der Waals surface area contributed by atoms with Gasteiger partial charge in [0, 0.05) is 35.3 Å². The lowest BCUT2D eigenvalue weighted by Gasteiger charge is -2.30. The van der Waals surface area contributed by atoms with Crippen molar-refractivity contribution in [2.75, 3.05) is 6.54 Å². The molecule has 5 rings (SSSR count). The number of nitrogens with one attached hydrogen (secondary N) is 2. The van der Waals surface area contributed by atoms with Gasteiger partial charge in [0.2, 0.25) is 0 Å². The first-order valence-electron chi connectivity index (χ1n) is 10.9. The van der Waals surface area contributed by atoms with Crippen LogP contribution in [0.5, 0.6) is 11.5 Å². The van der Waals surface area contributed by atoms with Crippen LogP contribution < -0.4 is 15.4 Å². The number of carbonyl (C=O) groups excluding carboxylic acids is 1. The zero-order valence-electron chi connectivity index (χ0n) is 17.0. The molecular formula is C25H28N2O2. The van der Waals surface area contributed by atoms with Crippen molar-refractivity contribution >= 4 is 11.5 Å². The highest BCUT2D eigenvalue weighted by molar-refractivity contribution is 5.97. The number of ether oxygens (including phenoxy) is 1. The van der Waals surface area contributed by atoms with Gasteiger partial charge in [-0.2, -0.15) is 0 Å². The normalized spacial score (nSPS) is 22.0. The van der Waals surface area contributed by atoms with Gasteiger partial charge in [-0.3, -0.25) is 4.79 Å². The summed E-state index contributed by atoms with van der Waals surface area (Å²) < 4.78 is 6.25. The Labute approximate surface area is 172 Å². The van der Waals surface area contributed by atoms with Gasteiger partial charge < -0.3 is 15.4 Å². The molecule has 0 aromatic heterocycles. The van der Waals surface area contributed by atoms with Gasteiger partial charge in [-0.15, -0.1) is 0 Å². The molecule has 2 aromatic rings. The maximum atomic E-state index is 12.5. The SMILES string of the molecule is CCCCNC(=O)c1ccc2c(c1)Oc1ccccc1C2=C1CC2CCC(C1)N2. The Morgan fingerprint density at radius 2 is 1.83 bits per heavy atom. The molecule has 0 radical (unpaired) electrons. The summed E-state index contributed by atoms with van der Waals surface area (Å²) >= 11 is 0. The molecule has 4 heteroatoms. The molecule has 1 amide bonds. The highest BCUT2D eigenvalue weighted by Crippen LogP contribution is 2.48. The quantitative estimate of drug-likeness (QED) is 0.616. The Kier molecular flexibility index (Phi) is 4.88. The molecule has 0 saturated carbocycles. The van der Waals surface area contributed by atoms with Gasteiger partial charge in [-0.05, 0) is 61.9 Å². The number of piperidine rings is 1. The van der Waals surface area contributed by atoms with Gasteiger partial charge in [0.15, 0.2) is 0 Å². The summed E-state index contributed by atoms with van der Waals surface area (Å²) in [7, 11) is 0. The third-order valence-corrected chi connectivity index (χ3v) is 6.38. The van der Waals surface area contributed by atoms with Crippen LogP contribution in [0.4, 0.5) is 0 Å². The van der Waals surface area contributed by atoms with E-state index in [0.717, 1.165) is 42.7 Å². The Morgan fingerprint density at radius 1 is 1.07 bits per heavy atom. The number of amides is 1. The predicted octanol–water partition coefficient (Wildman–Crippen LogP) is 5.04. The first kappa shape index (κ1) is 18.4. The van der Waals surface area contributed by atoms with Gasteiger partial charge in [0.05, 0.1) is 0 Å². The third kappa shape index (κ3) is 3.46. The Morgan fingerprint density at radius 3 is 2.62 bits per heavy atom. The molecule has 3 aliphatic rings. The number of rotatable bonds is 4. The van der Waals surface area contributed by atoms with Crippen molar-refractivity contribution in [1.29, 1.82) is 0 Å². The molecule has 4 nitrogen and oxygen atoms in total. The highest BCUT2D eigenvalue weighted by atomic mass is 16.5. The maximum absolute atomic E-state index is 12.5. The summed E-state index contributed by atoms with van der Waals surface area (Å²) in [6, 6.07) is 15.4. The second-order valence-electron chi connectivity index (χ2n) is 8.44. The molecule has 3 heterocycles. The molecule has 150 valence electrons. The fourth-order valence-corrected chi connectivity index (χ4v) is 4.95. The fraction of sp³-hybridized carbons (Fsp3) is 0.400. The van der Waals surface area contributed by atoms with Gasteiger partial charge in [0.25, 0.3) is 5.91 Å². The summed E-state index contributed by atoms with van der Waals surface area (Å²) in [6.07, 6.45) is 6.79. The van der Waals surface area contributed by atoms with E-state index in [1.165, 1.54) is 29.6 Å².